The molecule has 1 atom stereocenters. The molecule has 0 aliphatic carbocycles. The van der Waals surface area contributed by atoms with E-state index < -0.39 is 12.7 Å². The van der Waals surface area contributed by atoms with Gasteiger partial charge in [-0.25, -0.2) is 0 Å². The molecule has 0 saturated heterocycles. The van der Waals surface area contributed by atoms with Gasteiger partial charge < -0.3 is 14.6 Å². The van der Waals surface area contributed by atoms with E-state index >= 15 is 0 Å². The highest BCUT2D eigenvalue weighted by Crippen LogP contribution is 2.46. The predicted molar refractivity (Wildman–Crippen MR) is 172 cm³/mol. The van der Waals surface area contributed by atoms with Crippen molar-refractivity contribution in [1.29, 1.82) is 0 Å². The molecule has 0 aromatic heterocycles. The number of hydrogen-bond acceptors (Lipinski definition) is 3. The van der Waals surface area contributed by atoms with Gasteiger partial charge in [0.25, 0.3) is 0 Å². The molecule has 1 aliphatic rings. The van der Waals surface area contributed by atoms with Gasteiger partial charge in [-0.05, 0) is 51.1 Å². The van der Waals surface area contributed by atoms with Crippen molar-refractivity contribution < 1.29 is 9.31 Å². The molecular formula is C37H29BClNO2. The summed E-state index contributed by atoms with van der Waals surface area (Å²) in [6.45, 7) is 0.578. The summed E-state index contributed by atoms with van der Waals surface area (Å²) in [7, 11) is -0.742. The van der Waals surface area contributed by atoms with E-state index in [0.717, 1.165) is 38.9 Å². The van der Waals surface area contributed by atoms with Crippen LogP contribution in [0.2, 0.25) is 5.02 Å². The van der Waals surface area contributed by atoms with Crippen molar-refractivity contribution in [2.75, 3.05) is 0 Å². The lowest BCUT2D eigenvalue weighted by atomic mass is 9.71. The van der Waals surface area contributed by atoms with Gasteiger partial charge in [0.15, 0.2) is 0 Å². The van der Waals surface area contributed by atoms with E-state index in [0.29, 0.717) is 11.6 Å². The lowest BCUT2D eigenvalue weighted by Gasteiger charge is -2.43. The van der Waals surface area contributed by atoms with E-state index in [2.05, 4.69) is 121 Å². The first kappa shape index (κ1) is 26.5. The van der Waals surface area contributed by atoms with Gasteiger partial charge in [-0.15, -0.1) is 0 Å². The molecule has 6 aromatic carbocycles. The second-order valence-electron chi connectivity index (χ2n) is 10.6. The van der Waals surface area contributed by atoms with Crippen LogP contribution < -0.4 is 15.4 Å². The van der Waals surface area contributed by atoms with Gasteiger partial charge in [-0.3, -0.25) is 0 Å². The summed E-state index contributed by atoms with van der Waals surface area (Å²) < 4.78 is 14.4. The van der Waals surface area contributed by atoms with E-state index in [9.17, 15) is 0 Å². The zero-order valence-corrected chi connectivity index (χ0v) is 23.7. The molecule has 1 heterocycles. The molecule has 42 heavy (non-hydrogen) atoms. The zero-order chi connectivity index (χ0) is 28.4. The Hall–Kier alpha value is -4.35. The predicted octanol–water partition coefficient (Wildman–Crippen LogP) is 8.07. The molecule has 0 bridgehead atoms. The van der Waals surface area contributed by atoms with Crippen LogP contribution in [0.15, 0.2) is 152 Å². The van der Waals surface area contributed by atoms with Crippen molar-refractivity contribution in [2.45, 2.75) is 18.2 Å². The van der Waals surface area contributed by atoms with Gasteiger partial charge in [0.05, 0.1) is 6.04 Å². The molecule has 0 spiro atoms. The number of halogens is 1. The van der Waals surface area contributed by atoms with Crippen molar-refractivity contribution in [1.82, 2.24) is 5.32 Å². The minimum absolute atomic E-state index is 0.271. The maximum Gasteiger partial charge on any atom is 0.563 e. The number of nitrogens with one attached hydrogen (secondary N) is 1. The van der Waals surface area contributed by atoms with Gasteiger partial charge >= 0.3 is 7.12 Å². The quantitative estimate of drug-likeness (QED) is 0.219. The van der Waals surface area contributed by atoms with Crippen LogP contribution in [-0.2, 0) is 16.8 Å². The number of rotatable bonds is 4. The van der Waals surface area contributed by atoms with Crippen molar-refractivity contribution in [3.63, 3.8) is 0 Å². The Morgan fingerprint density at radius 2 is 1.24 bits per heavy atom. The highest BCUT2D eigenvalue weighted by molar-refractivity contribution is 6.62. The van der Waals surface area contributed by atoms with E-state index in [1.54, 1.807) is 0 Å². The van der Waals surface area contributed by atoms with Gasteiger partial charge in [-0.2, -0.15) is 0 Å². The molecule has 7 rings (SSSR count). The van der Waals surface area contributed by atoms with Crippen LogP contribution in [0.4, 0.5) is 0 Å². The van der Waals surface area contributed by atoms with Crippen LogP contribution in [0.1, 0.15) is 28.3 Å². The van der Waals surface area contributed by atoms with E-state index in [1.807, 2.05) is 36.4 Å². The van der Waals surface area contributed by atoms with Crippen LogP contribution in [0.25, 0.3) is 10.8 Å². The molecule has 0 fully saturated rings. The molecule has 0 amide bonds. The fourth-order valence-electron chi connectivity index (χ4n) is 6.09. The Morgan fingerprint density at radius 1 is 0.643 bits per heavy atom. The average molecular weight is 566 g/mol. The molecule has 204 valence electrons. The summed E-state index contributed by atoms with van der Waals surface area (Å²) in [5.74, 6) is 0.782. The normalized spacial score (nSPS) is 16.5. The van der Waals surface area contributed by atoms with Gasteiger partial charge in [0.2, 0.25) is 0 Å². The zero-order valence-electron chi connectivity index (χ0n) is 23.0. The molecule has 0 radical (unpaired) electrons. The Kier molecular flexibility index (Phi) is 7.27. The van der Waals surface area contributed by atoms with E-state index in [1.165, 1.54) is 5.39 Å². The summed E-state index contributed by atoms with van der Waals surface area (Å²) in [5.41, 5.74) is 4.17. The minimum atomic E-state index is -0.966. The van der Waals surface area contributed by atoms with Crippen molar-refractivity contribution in [2.24, 2.45) is 0 Å². The SMILES string of the molecule is Clc1ccc(B2Oc3ccc4ccccc4c3CN[C@H](c3ccccc3)C(c3ccccc3)(c3ccccc3)O2)cc1. The average Bonchev–Trinajstić information content (AvgIpc) is 3.13. The Morgan fingerprint density at radius 3 is 1.90 bits per heavy atom. The highest BCUT2D eigenvalue weighted by atomic mass is 35.5. The molecule has 0 saturated carbocycles. The third kappa shape index (κ3) is 4.88. The number of fused-ring (bicyclic) bond motifs is 3. The summed E-state index contributed by atoms with van der Waals surface area (Å²) in [6.07, 6.45) is 0. The molecule has 1 aliphatic heterocycles. The summed E-state index contributed by atoms with van der Waals surface area (Å²) >= 11 is 6.34. The lowest BCUT2D eigenvalue weighted by molar-refractivity contribution is 0.0496. The Balaban J connectivity index is 1.53. The standard InChI is InChI=1S/C37H29BClNO2/c39-32-23-21-31(22-24-32)38-41-35-25-20-27-12-10-11-19-33(27)34(35)26-40-36(28-13-4-1-5-14-28)37(42-38,29-15-6-2-7-16-29)30-17-8-3-9-18-30/h1-25,36,40H,26H2/t36-/m1/s1. The van der Waals surface area contributed by atoms with Crippen molar-refractivity contribution >= 4 is 35.0 Å². The maximum absolute atomic E-state index is 7.47. The largest absolute Gasteiger partial charge is 0.563 e. The van der Waals surface area contributed by atoms with Crippen LogP contribution in [0.3, 0.4) is 0 Å². The Labute approximate surface area is 251 Å². The highest BCUT2D eigenvalue weighted by Gasteiger charge is 2.49. The Bertz CT molecular complexity index is 1760. The number of hydrogen-bond donors (Lipinski definition) is 1. The smallest absolute Gasteiger partial charge is 0.532 e. The maximum atomic E-state index is 7.47. The molecule has 1 N–H and O–H groups in total. The van der Waals surface area contributed by atoms with Crippen molar-refractivity contribution in [3.8, 4) is 5.75 Å². The first-order valence-corrected chi connectivity index (χ1v) is 14.6. The van der Waals surface area contributed by atoms with E-state index in [-0.39, 0.29) is 6.04 Å². The van der Waals surface area contributed by atoms with E-state index in [4.69, 9.17) is 20.9 Å². The fourth-order valence-corrected chi connectivity index (χ4v) is 6.22. The van der Waals surface area contributed by atoms with Gasteiger partial charge in [0, 0.05) is 17.1 Å². The third-order valence-electron chi connectivity index (χ3n) is 8.09. The van der Waals surface area contributed by atoms with Crippen LogP contribution in [0, 0.1) is 0 Å². The second-order valence-corrected chi connectivity index (χ2v) is 11.0. The lowest BCUT2D eigenvalue weighted by Crippen LogP contribution is -2.52. The molecule has 5 heteroatoms. The molecular weight excluding hydrogens is 537 g/mol. The molecule has 3 nitrogen and oxygen atoms in total. The first-order chi connectivity index (χ1) is 20.7. The van der Waals surface area contributed by atoms with Gasteiger partial charge in [0.1, 0.15) is 11.4 Å². The summed E-state index contributed by atoms with van der Waals surface area (Å²) in [6, 6.07) is 51.6. The van der Waals surface area contributed by atoms with Crippen molar-refractivity contribution in [3.05, 3.63) is 179 Å². The van der Waals surface area contributed by atoms with Crippen LogP contribution in [0.5, 0.6) is 5.75 Å². The minimum Gasteiger partial charge on any atom is -0.532 e. The summed E-state index contributed by atoms with van der Waals surface area (Å²) in [5, 5.41) is 6.95. The van der Waals surface area contributed by atoms with Gasteiger partial charge in [-0.1, -0.05) is 145 Å². The van der Waals surface area contributed by atoms with Crippen LogP contribution in [-0.4, -0.2) is 7.12 Å². The molecule has 6 aromatic rings. The third-order valence-corrected chi connectivity index (χ3v) is 8.35. The summed E-state index contributed by atoms with van der Waals surface area (Å²) in [4.78, 5) is 0. The molecule has 0 unspecified atom stereocenters. The number of benzene rings is 6. The van der Waals surface area contributed by atoms with Crippen LogP contribution >= 0.6 is 11.6 Å². The second kappa shape index (κ2) is 11.5. The fraction of sp³-hybridized carbons (Fsp3) is 0.0811. The first-order valence-electron chi connectivity index (χ1n) is 14.2. The topological polar surface area (TPSA) is 30.5 Å². The monoisotopic (exact) mass is 565 g/mol.